The minimum absolute atomic E-state index is 0.219. The highest BCUT2D eigenvalue weighted by atomic mass is 35.5. The molecule has 0 bridgehead atoms. The quantitative estimate of drug-likeness (QED) is 0.675. The first-order valence-corrected chi connectivity index (χ1v) is 10.4. The van der Waals surface area contributed by atoms with Crippen molar-refractivity contribution in [3.63, 3.8) is 0 Å². The Morgan fingerprint density at radius 2 is 1.97 bits per heavy atom. The fourth-order valence-electron chi connectivity index (χ4n) is 3.62. The normalized spacial score (nSPS) is 17.0. The number of benzene rings is 2. The van der Waals surface area contributed by atoms with E-state index in [4.69, 9.17) is 16.3 Å². The molecule has 0 radical (unpaired) electrons. The van der Waals surface area contributed by atoms with Gasteiger partial charge in [-0.15, -0.1) is 0 Å². The molecule has 1 aliphatic rings. The standard InChI is InChI=1S/C23H27ClN2O3/c1-3-29-23(28)20-11-10-19(13-21(20)24)25-22(27)18-8-6-17(7-9-18)15-26-12-4-5-16(2)14-26/h6-11,13,16H,3-5,12,14-15H2,1-2H3,(H,25,27)/t16-/m1/s1. The van der Waals surface area contributed by atoms with Gasteiger partial charge in [0.1, 0.15) is 0 Å². The molecule has 1 heterocycles. The summed E-state index contributed by atoms with van der Waals surface area (Å²) in [5, 5.41) is 3.06. The second kappa shape index (κ2) is 9.90. The zero-order valence-corrected chi connectivity index (χ0v) is 17.7. The van der Waals surface area contributed by atoms with Gasteiger partial charge in [0.25, 0.3) is 5.91 Å². The molecule has 1 amide bonds. The Labute approximate surface area is 177 Å². The molecular formula is C23H27ClN2O3. The molecule has 6 heteroatoms. The molecule has 3 rings (SSSR count). The molecule has 0 aliphatic carbocycles. The Morgan fingerprint density at radius 3 is 2.62 bits per heavy atom. The summed E-state index contributed by atoms with van der Waals surface area (Å²) in [4.78, 5) is 26.8. The molecule has 1 saturated heterocycles. The predicted molar refractivity (Wildman–Crippen MR) is 115 cm³/mol. The summed E-state index contributed by atoms with van der Waals surface area (Å²) in [5.74, 6) is 0.0491. The van der Waals surface area contributed by atoms with Gasteiger partial charge in [-0.05, 0) is 68.1 Å². The topological polar surface area (TPSA) is 58.6 Å². The molecule has 0 unspecified atom stereocenters. The molecular weight excluding hydrogens is 388 g/mol. The summed E-state index contributed by atoms with van der Waals surface area (Å²) in [6.07, 6.45) is 2.56. The van der Waals surface area contributed by atoms with Crippen molar-refractivity contribution in [2.75, 3.05) is 25.0 Å². The first-order valence-electron chi connectivity index (χ1n) is 10.1. The Balaban J connectivity index is 1.60. The number of nitrogens with one attached hydrogen (secondary N) is 1. The lowest BCUT2D eigenvalue weighted by molar-refractivity contribution is 0.0526. The average molecular weight is 415 g/mol. The van der Waals surface area contributed by atoms with Gasteiger partial charge in [-0.1, -0.05) is 30.7 Å². The van der Waals surface area contributed by atoms with Gasteiger partial charge in [0.05, 0.1) is 17.2 Å². The van der Waals surface area contributed by atoms with Crippen LogP contribution in [0, 0.1) is 5.92 Å². The van der Waals surface area contributed by atoms with Crippen LogP contribution in [0.15, 0.2) is 42.5 Å². The van der Waals surface area contributed by atoms with Crippen molar-refractivity contribution in [2.24, 2.45) is 5.92 Å². The third kappa shape index (κ3) is 5.81. The number of halogens is 1. The van der Waals surface area contributed by atoms with E-state index in [1.165, 1.54) is 18.4 Å². The molecule has 154 valence electrons. The van der Waals surface area contributed by atoms with Crippen LogP contribution in [0.2, 0.25) is 5.02 Å². The third-order valence-corrected chi connectivity index (χ3v) is 5.40. The second-order valence-electron chi connectivity index (χ2n) is 7.55. The van der Waals surface area contributed by atoms with Gasteiger partial charge in [-0.3, -0.25) is 9.69 Å². The van der Waals surface area contributed by atoms with Gasteiger partial charge in [-0.25, -0.2) is 4.79 Å². The van der Waals surface area contributed by atoms with Crippen molar-refractivity contribution in [1.29, 1.82) is 0 Å². The number of carbonyl (C=O) groups is 2. The highest BCUT2D eigenvalue weighted by Gasteiger charge is 2.17. The molecule has 0 aromatic heterocycles. The predicted octanol–water partition coefficient (Wildman–Crippen LogP) is 5.00. The fraction of sp³-hybridized carbons (Fsp3) is 0.391. The highest BCUT2D eigenvalue weighted by molar-refractivity contribution is 6.34. The number of anilines is 1. The third-order valence-electron chi connectivity index (χ3n) is 5.09. The average Bonchev–Trinajstić information content (AvgIpc) is 2.69. The van der Waals surface area contributed by atoms with Crippen molar-refractivity contribution in [2.45, 2.75) is 33.2 Å². The number of rotatable bonds is 6. The molecule has 5 nitrogen and oxygen atoms in total. The molecule has 29 heavy (non-hydrogen) atoms. The van der Waals surface area contributed by atoms with Crippen LogP contribution in [-0.4, -0.2) is 36.5 Å². The van der Waals surface area contributed by atoms with E-state index in [2.05, 4.69) is 17.1 Å². The van der Waals surface area contributed by atoms with E-state index in [9.17, 15) is 9.59 Å². The summed E-state index contributed by atoms with van der Waals surface area (Å²) in [5.41, 5.74) is 2.59. The number of nitrogens with zero attached hydrogens (tertiary/aromatic N) is 1. The number of hydrogen-bond acceptors (Lipinski definition) is 4. The number of carbonyl (C=O) groups excluding carboxylic acids is 2. The van der Waals surface area contributed by atoms with Crippen LogP contribution in [0.1, 0.15) is 53.0 Å². The van der Waals surface area contributed by atoms with E-state index in [0.29, 0.717) is 11.3 Å². The van der Waals surface area contributed by atoms with Gasteiger partial charge < -0.3 is 10.1 Å². The summed E-state index contributed by atoms with van der Waals surface area (Å²) in [6.45, 7) is 7.49. The zero-order chi connectivity index (χ0) is 20.8. The maximum atomic E-state index is 12.5. The molecule has 2 aromatic rings. The van der Waals surface area contributed by atoms with Crippen molar-refractivity contribution >= 4 is 29.2 Å². The second-order valence-corrected chi connectivity index (χ2v) is 7.96. The maximum absolute atomic E-state index is 12.5. The molecule has 0 spiro atoms. The van der Waals surface area contributed by atoms with Crippen LogP contribution in [0.5, 0.6) is 0 Å². The Kier molecular flexibility index (Phi) is 7.29. The van der Waals surface area contributed by atoms with Crippen LogP contribution in [0.3, 0.4) is 0 Å². The lowest BCUT2D eigenvalue weighted by Gasteiger charge is -2.30. The van der Waals surface area contributed by atoms with Crippen LogP contribution in [0.25, 0.3) is 0 Å². The Morgan fingerprint density at radius 1 is 1.21 bits per heavy atom. The number of hydrogen-bond donors (Lipinski definition) is 1. The van der Waals surface area contributed by atoms with Crippen LogP contribution in [-0.2, 0) is 11.3 Å². The zero-order valence-electron chi connectivity index (χ0n) is 16.9. The van der Waals surface area contributed by atoms with Gasteiger partial charge in [0.15, 0.2) is 0 Å². The number of piperidine rings is 1. The van der Waals surface area contributed by atoms with Gasteiger partial charge >= 0.3 is 5.97 Å². The van der Waals surface area contributed by atoms with Crippen molar-refractivity contribution in [1.82, 2.24) is 4.90 Å². The summed E-state index contributed by atoms with van der Waals surface area (Å²) >= 11 is 6.16. The highest BCUT2D eigenvalue weighted by Crippen LogP contribution is 2.23. The maximum Gasteiger partial charge on any atom is 0.339 e. The lowest BCUT2D eigenvalue weighted by Crippen LogP contribution is -2.33. The monoisotopic (exact) mass is 414 g/mol. The van der Waals surface area contributed by atoms with Gasteiger partial charge in [0.2, 0.25) is 0 Å². The summed E-state index contributed by atoms with van der Waals surface area (Å²) in [7, 11) is 0. The largest absolute Gasteiger partial charge is 0.462 e. The summed E-state index contributed by atoms with van der Waals surface area (Å²) < 4.78 is 4.96. The lowest BCUT2D eigenvalue weighted by atomic mass is 9.99. The molecule has 1 aliphatic heterocycles. The van der Waals surface area contributed by atoms with Crippen LogP contribution >= 0.6 is 11.6 Å². The molecule has 0 saturated carbocycles. The fourth-order valence-corrected chi connectivity index (χ4v) is 3.88. The number of ether oxygens (including phenoxy) is 1. The molecule has 1 fully saturated rings. The Bertz CT molecular complexity index is 867. The molecule has 1 atom stereocenters. The number of esters is 1. The first-order chi connectivity index (χ1) is 14.0. The van der Waals surface area contributed by atoms with E-state index >= 15 is 0 Å². The van der Waals surface area contributed by atoms with E-state index in [1.54, 1.807) is 25.1 Å². The minimum Gasteiger partial charge on any atom is -0.462 e. The molecule has 1 N–H and O–H groups in total. The van der Waals surface area contributed by atoms with Crippen LogP contribution < -0.4 is 5.32 Å². The number of amides is 1. The van der Waals surface area contributed by atoms with E-state index in [0.717, 1.165) is 25.6 Å². The van der Waals surface area contributed by atoms with Crippen LogP contribution in [0.4, 0.5) is 5.69 Å². The van der Waals surface area contributed by atoms with Crippen molar-refractivity contribution in [3.8, 4) is 0 Å². The number of likely N-dealkylation sites (tertiary alicyclic amines) is 1. The van der Waals surface area contributed by atoms with E-state index in [-0.39, 0.29) is 23.1 Å². The van der Waals surface area contributed by atoms with Crippen molar-refractivity contribution < 1.29 is 14.3 Å². The van der Waals surface area contributed by atoms with E-state index < -0.39 is 5.97 Å². The van der Waals surface area contributed by atoms with Crippen molar-refractivity contribution in [3.05, 3.63) is 64.2 Å². The smallest absolute Gasteiger partial charge is 0.339 e. The van der Waals surface area contributed by atoms with Gasteiger partial charge in [-0.2, -0.15) is 0 Å². The SMILES string of the molecule is CCOC(=O)c1ccc(NC(=O)c2ccc(CN3CCC[C@@H](C)C3)cc2)cc1Cl. The Hall–Kier alpha value is -2.37. The summed E-state index contributed by atoms with van der Waals surface area (Å²) in [6, 6.07) is 12.4. The van der Waals surface area contributed by atoms with Gasteiger partial charge in [0, 0.05) is 24.3 Å². The van der Waals surface area contributed by atoms with E-state index in [1.807, 2.05) is 24.3 Å². The minimum atomic E-state index is -0.478. The molecule has 2 aromatic carbocycles. The first kappa shape index (κ1) is 21.3.